The topological polar surface area (TPSA) is 32.3 Å². The number of aliphatic hydroxyl groups excluding tert-OH is 1. The van der Waals surface area contributed by atoms with Gasteiger partial charge in [0, 0.05) is 23.6 Å². The highest BCUT2D eigenvalue weighted by atomic mass is 35.5. The predicted octanol–water partition coefficient (Wildman–Crippen LogP) is 3.63. The third kappa shape index (κ3) is 3.21. The van der Waals surface area contributed by atoms with Crippen molar-refractivity contribution in [3.8, 4) is 0 Å². The Morgan fingerprint density at radius 1 is 1.56 bits per heavy atom. The van der Waals surface area contributed by atoms with Crippen LogP contribution in [0.3, 0.4) is 0 Å². The van der Waals surface area contributed by atoms with Gasteiger partial charge in [0.2, 0.25) is 0 Å². The van der Waals surface area contributed by atoms with Gasteiger partial charge < -0.3 is 10.4 Å². The fraction of sp³-hybridized carbons (Fsp3) is 0.571. The molecule has 100 valence electrons. The molecule has 0 saturated carbocycles. The van der Waals surface area contributed by atoms with Crippen molar-refractivity contribution in [2.75, 3.05) is 12.4 Å². The van der Waals surface area contributed by atoms with Crippen LogP contribution in [0.5, 0.6) is 0 Å². The lowest BCUT2D eigenvalue weighted by Crippen LogP contribution is -2.34. The van der Waals surface area contributed by atoms with Gasteiger partial charge in [-0.25, -0.2) is 0 Å². The van der Waals surface area contributed by atoms with Crippen LogP contribution in [0.2, 0.25) is 5.02 Å². The molecule has 0 fully saturated rings. The molecule has 0 radical (unpaired) electrons. The van der Waals surface area contributed by atoms with E-state index in [9.17, 15) is 0 Å². The van der Waals surface area contributed by atoms with Gasteiger partial charge in [-0.1, -0.05) is 30.7 Å². The molecule has 1 aromatic rings. The Morgan fingerprint density at radius 3 is 3.11 bits per heavy atom. The standard InChI is InChI=1S/C14H20ClNOS/c1-2-10(6-8-17)16-13-7-9-18-14-11(13)4-3-5-12(14)15/h3-5,10,13,16-17H,2,6-9H2,1H3. The number of thioether (sulfide) groups is 1. The zero-order valence-electron chi connectivity index (χ0n) is 10.7. The van der Waals surface area contributed by atoms with Crippen LogP contribution in [0.15, 0.2) is 23.1 Å². The zero-order chi connectivity index (χ0) is 13.0. The van der Waals surface area contributed by atoms with E-state index in [4.69, 9.17) is 16.7 Å². The van der Waals surface area contributed by atoms with Crippen molar-refractivity contribution in [3.63, 3.8) is 0 Å². The first-order valence-corrected chi connectivity index (χ1v) is 7.90. The highest BCUT2D eigenvalue weighted by Crippen LogP contribution is 2.40. The number of rotatable bonds is 5. The number of aliphatic hydroxyl groups is 1. The second kappa shape index (κ2) is 6.80. The molecule has 1 aliphatic heterocycles. The summed E-state index contributed by atoms with van der Waals surface area (Å²) >= 11 is 8.10. The molecule has 4 heteroatoms. The Hall–Kier alpha value is -0.220. The maximum atomic E-state index is 9.07. The lowest BCUT2D eigenvalue weighted by molar-refractivity contribution is 0.254. The Bertz CT molecular complexity index is 399. The van der Waals surface area contributed by atoms with Gasteiger partial charge in [-0.3, -0.25) is 0 Å². The highest BCUT2D eigenvalue weighted by Gasteiger charge is 2.23. The fourth-order valence-electron chi connectivity index (χ4n) is 2.41. The zero-order valence-corrected chi connectivity index (χ0v) is 12.2. The van der Waals surface area contributed by atoms with Crippen molar-refractivity contribution in [1.82, 2.24) is 5.32 Å². The van der Waals surface area contributed by atoms with Crippen molar-refractivity contribution >= 4 is 23.4 Å². The molecule has 0 amide bonds. The first-order valence-electron chi connectivity index (χ1n) is 6.54. The van der Waals surface area contributed by atoms with Gasteiger partial charge in [0.1, 0.15) is 0 Å². The lowest BCUT2D eigenvalue weighted by Gasteiger charge is -2.30. The van der Waals surface area contributed by atoms with E-state index in [0.717, 1.165) is 30.0 Å². The van der Waals surface area contributed by atoms with Gasteiger partial charge in [-0.2, -0.15) is 0 Å². The van der Waals surface area contributed by atoms with E-state index in [0.29, 0.717) is 12.1 Å². The van der Waals surface area contributed by atoms with Gasteiger partial charge in [-0.05, 0) is 36.6 Å². The molecular formula is C14H20ClNOS. The lowest BCUT2D eigenvalue weighted by atomic mass is 10.0. The van der Waals surface area contributed by atoms with E-state index in [-0.39, 0.29) is 6.61 Å². The van der Waals surface area contributed by atoms with E-state index < -0.39 is 0 Å². The van der Waals surface area contributed by atoms with E-state index in [1.165, 1.54) is 10.5 Å². The van der Waals surface area contributed by atoms with Crippen molar-refractivity contribution in [2.24, 2.45) is 0 Å². The van der Waals surface area contributed by atoms with Crippen LogP contribution in [0.4, 0.5) is 0 Å². The number of benzene rings is 1. The van der Waals surface area contributed by atoms with E-state index in [2.05, 4.69) is 18.3 Å². The highest BCUT2D eigenvalue weighted by molar-refractivity contribution is 7.99. The number of nitrogens with one attached hydrogen (secondary N) is 1. The summed E-state index contributed by atoms with van der Waals surface area (Å²) < 4.78 is 0. The summed E-state index contributed by atoms with van der Waals surface area (Å²) in [5, 5.41) is 13.6. The Labute approximate surface area is 118 Å². The third-order valence-electron chi connectivity index (χ3n) is 3.43. The van der Waals surface area contributed by atoms with Crippen molar-refractivity contribution in [1.29, 1.82) is 0 Å². The largest absolute Gasteiger partial charge is 0.396 e. The molecule has 0 bridgehead atoms. The number of hydrogen-bond donors (Lipinski definition) is 2. The predicted molar refractivity (Wildman–Crippen MR) is 78.5 cm³/mol. The van der Waals surface area contributed by atoms with Crippen molar-refractivity contribution in [2.45, 2.75) is 43.2 Å². The second-order valence-corrected chi connectivity index (χ2v) is 6.14. The summed E-state index contributed by atoms with van der Waals surface area (Å²) in [6.07, 6.45) is 2.98. The molecule has 0 saturated heterocycles. The first-order chi connectivity index (χ1) is 8.76. The second-order valence-electron chi connectivity index (χ2n) is 4.63. The Morgan fingerprint density at radius 2 is 2.39 bits per heavy atom. The van der Waals surface area contributed by atoms with Crippen LogP contribution in [-0.4, -0.2) is 23.5 Å². The minimum Gasteiger partial charge on any atom is -0.396 e. The molecule has 0 aliphatic carbocycles. The molecule has 2 rings (SSSR count). The summed E-state index contributed by atoms with van der Waals surface area (Å²) in [5.41, 5.74) is 1.31. The van der Waals surface area contributed by atoms with Crippen LogP contribution < -0.4 is 5.32 Å². The summed E-state index contributed by atoms with van der Waals surface area (Å²) in [6.45, 7) is 2.40. The number of halogens is 1. The molecule has 18 heavy (non-hydrogen) atoms. The molecule has 2 unspecified atom stereocenters. The quantitative estimate of drug-likeness (QED) is 0.866. The normalized spacial score (nSPS) is 20.5. The van der Waals surface area contributed by atoms with Crippen molar-refractivity contribution < 1.29 is 5.11 Å². The first kappa shape index (κ1) is 14.2. The minimum absolute atomic E-state index is 0.245. The SMILES string of the molecule is CCC(CCO)NC1CCSc2c(Cl)cccc21. The smallest absolute Gasteiger partial charge is 0.0545 e. The Balaban J connectivity index is 2.14. The van der Waals surface area contributed by atoms with E-state index in [1.54, 1.807) is 0 Å². The van der Waals surface area contributed by atoms with Gasteiger partial charge in [0.15, 0.2) is 0 Å². The average molecular weight is 286 g/mol. The van der Waals surface area contributed by atoms with Crippen LogP contribution in [-0.2, 0) is 0 Å². The van der Waals surface area contributed by atoms with Gasteiger partial charge in [-0.15, -0.1) is 11.8 Å². The Kier molecular flexibility index (Phi) is 5.37. The van der Waals surface area contributed by atoms with Crippen LogP contribution >= 0.6 is 23.4 Å². The van der Waals surface area contributed by atoms with Gasteiger partial charge in [0.25, 0.3) is 0 Å². The van der Waals surface area contributed by atoms with Gasteiger partial charge in [0.05, 0.1) is 5.02 Å². The van der Waals surface area contributed by atoms with E-state index >= 15 is 0 Å². The fourth-order valence-corrected chi connectivity index (χ4v) is 3.89. The summed E-state index contributed by atoms with van der Waals surface area (Å²) in [7, 11) is 0. The molecule has 1 aliphatic rings. The number of hydrogen-bond acceptors (Lipinski definition) is 3. The third-order valence-corrected chi connectivity index (χ3v) is 5.04. The monoisotopic (exact) mass is 285 g/mol. The molecule has 1 heterocycles. The van der Waals surface area contributed by atoms with Gasteiger partial charge >= 0.3 is 0 Å². The van der Waals surface area contributed by atoms with Crippen LogP contribution in [0.1, 0.15) is 37.8 Å². The molecule has 2 atom stereocenters. The van der Waals surface area contributed by atoms with E-state index in [1.807, 2.05) is 23.9 Å². The maximum Gasteiger partial charge on any atom is 0.0545 e. The molecule has 1 aromatic carbocycles. The molecule has 2 N–H and O–H groups in total. The summed E-state index contributed by atoms with van der Waals surface area (Å²) in [6, 6.07) is 6.90. The van der Waals surface area contributed by atoms with Crippen molar-refractivity contribution in [3.05, 3.63) is 28.8 Å². The number of fused-ring (bicyclic) bond motifs is 1. The molecule has 0 aromatic heterocycles. The molecule has 0 spiro atoms. The molecular weight excluding hydrogens is 266 g/mol. The minimum atomic E-state index is 0.245. The maximum absolute atomic E-state index is 9.07. The molecule has 2 nitrogen and oxygen atoms in total. The summed E-state index contributed by atoms with van der Waals surface area (Å²) in [5.74, 6) is 1.10. The van der Waals surface area contributed by atoms with Crippen LogP contribution in [0.25, 0.3) is 0 Å². The van der Waals surface area contributed by atoms with Crippen LogP contribution in [0, 0.1) is 0 Å². The summed E-state index contributed by atoms with van der Waals surface area (Å²) in [4.78, 5) is 1.22. The average Bonchev–Trinajstić information content (AvgIpc) is 2.39.